The number of likely N-dealkylation sites (N-methyl/N-ethyl adjacent to an activating group) is 1. The number of hydrogen-bond donors (Lipinski definition) is 2. The molecule has 0 bridgehead atoms. The Labute approximate surface area is 127 Å². The van der Waals surface area contributed by atoms with Crippen molar-refractivity contribution in [1.29, 1.82) is 0 Å². The fourth-order valence-corrected chi connectivity index (χ4v) is 2.82. The van der Waals surface area contributed by atoms with Gasteiger partial charge in [0.2, 0.25) is 5.91 Å². The zero-order chi connectivity index (χ0) is 15.3. The lowest BCUT2D eigenvalue weighted by atomic mass is 9.80. The van der Waals surface area contributed by atoms with E-state index in [-0.39, 0.29) is 17.4 Å². The van der Waals surface area contributed by atoms with E-state index in [0.717, 1.165) is 38.0 Å². The number of benzene rings is 1. The lowest BCUT2D eigenvalue weighted by Gasteiger charge is -2.34. The van der Waals surface area contributed by atoms with E-state index in [2.05, 4.69) is 34.6 Å². The summed E-state index contributed by atoms with van der Waals surface area (Å²) in [6.45, 7) is 4.74. The molecule has 0 aromatic heterocycles. The van der Waals surface area contributed by atoms with Crippen LogP contribution in [0.2, 0.25) is 0 Å². The second-order valence-corrected chi connectivity index (χ2v) is 6.51. The Morgan fingerprint density at radius 2 is 1.90 bits per heavy atom. The van der Waals surface area contributed by atoms with Gasteiger partial charge >= 0.3 is 0 Å². The number of piperidine rings is 1. The first-order valence-corrected chi connectivity index (χ1v) is 7.73. The number of hydrogen-bond acceptors (Lipinski definition) is 3. The molecule has 0 saturated carbocycles. The van der Waals surface area contributed by atoms with Crippen molar-refractivity contribution in [3.8, 4) is 0 Å². The molecule has 4 nitrogen and oxygen atoms in total. The van der Waals surface area contributed by atoms with Gasteiger partial charge in [0.1, 0.15) is 0 Å². The molecule has 2 N–H and O–H groups in total. The Balaban J connectivity index is 2.09. The van der Waals surface area contributed by atoms with Crippen LogP contribution in [0.15, 0.2) is 30.3 Å². The van der Waals surface area contributed by atoms with Gasteiger partial charge in [-0.25, -0.2) is 0 Å². The minimum atomic E-state index is -0.245. The number of nitrogens with zero attached hydrogens (tertiary/aromatic N) is 1. The average molecular weight is 289 g/mol. The molecule has 1 saturated heterocycles. The van der Waals surface area contributed by atoms with Crippen molar-refractivity contribution < 1.29 is 4.79 Å². The van der Waals surface area contributed by atoms with Crippen LogP contribution in [-0.2, 0) is 4.79 Å². The van der Waals surface area contributed by atoms with Gasteiger partial charge in [0.15, 0.2) is 0 Å². The first kappa shape index (κ1) is 16.0. The van der Waals surface area contributed by atoms with Gasteiger partial charge in [-0.15, -0.1) is 0 Å². The molecule has 1 aliphatic rings. The second-order valence-electron chi connectivity index (χ2n) is 6.51. The first-order valence-electron chi connectivity index (χ1n) is 7.73. The summed E-state index contributed by atoms with van der Waals surface area (Å²) < 4.78 is 0. The number of rotatable bonds is 5. The molecular formula is C17H27N3O. The molecule has 0 radical (unpaired) electrons. The van der Waals surface area contributed by atoms with E-state index in [0.29, 0.717) is 0 Å². The van der Waals surface area contributed by atoms with Gasteiger partial charge in [0.25, 0.3) is 0 Å². The highest BCUT2D eigenvalue weighted by atomic mass is 16.2. The van der Waals surface area contributed by atoms with Crippen LogP contribution >= 0.6 is 0 Å². The first-order chi connectivity index (χ1) is 10.0. The standard InChI is InChI=1S/C17H27N3O/c1-17(9-11-18-12-10-17)16(21)19-15(13-20(2)3)14-7-5-4-6-8-14/h4-8,15,18H,9-13H2,1-3H3,(H,19,21). The summed E-state index contributed by atoms with van der Waals surface area (Å²) in [7, 11) is 4.07. The fourth-order valence-electron chi connectivity index (χ4n) is 2.82. The Bertz CT molecular complexity index is 452. The van der Waals surface area contributed by atoms with Crippen LogP contribution in [-0.4, -0.2) is 44.5 Å². The van der Waals surface area contributed by atoms with Crippen LogP contribution in [0.3, 0.4) is 0 Å². The van der Waals surface area contributed by atoms with Crippen LogP contribution < -0.4 is 10.6 Å². The molecule has 4 heteroatoms. The van der Waals surface area contributed by atoms with Crippen molar-refractivity contribution in [2.24, 2.45) is 5.41 Å². The van der Waals surface area contributed by atoms with Crippen LogP contribution in [0.5, 0.6) is 0 Å². The molecule has 1 aromatic rings. The van der Waals surface area contributed by atoms with Gasteiger partial charge in [0.05, 0.1) is 6.04 Å². The van der Waals surface area contributed by atoms with Crippen LogP contribution in [0.25, 0.3) is 0 Å². The predicted octanol–water partition coefficient (Wildman–Crippen LogP) is 1.80. The molecule has 1 heterocycles. The van der Waals surface area contributed by atoms with Gasteiger partial charge < -0.3 is 15.5 Å². The van der Waals surface area contributed by atoms with Gasteiger partial charge in [0, 0.05) is 12.0 Å². The predicted molar refractivity (Wildman–Crippen MR) is 86.1 cm³/mol. The molecule has 0 spiro atoms. The maximum Gasteiger partial charge on any atom is 0.226 e. The normalized spacial score (nSPS) is 19.2. The van der Waals surface area contributed by atoms with Crippen LogP contribution in [0.1, 0.15) is 31.4 Å². The van der Waals surface area contributed by atoms with Gasteiger partial charge in [-0.1, -0.05) is 37.3 Å². The molecule has 0 aliphatic carbocycles. The van der Waals surface area contributed by atoms with Crippen molar-refractivity contribution in [2.75, 3.05) is 33.7 Å². The lowest BCUT2D eigenvalue weighted by molar-refractivity contribution is -0.132. The van der Waals surface area contributed by atoms with E-state index in [9.17, 15) is 4.79 Å². The third-order valence-electron chi connectivity index (χ3n) is 4.31. The highest BCUT2D eigenvalue weighted by molar-refractivity contribution is 5.82. The number of amides is 1. The molecular weight excluding hydrogens is 262 g/mol. The smallest absolute Gasteiger partial charge is 0.226 e. The van der Waals surface area contributed by atoms with Gasteiger partial charge in [-0.05, 0) is 45.6 Å². The third kappa shape index (κ3) is 4.29. The van der Waals surface area contributed by atoms with Crippen molar-refractivity contribution in [1.82, 2.24) is 15.5 Å². The Morgan fingerprint density at radius 1 is 1.29 bits per heavy atom. The largest absolute Gasteiger partial charge is 0.348 e. The van der Waals surface area contributed by atoms with E-state index in [4.69, 9.17) is 0 Å². The SMILES string of the molecule is CN(C)CC(NC(=O)C1(C)CCNCC1)c1ccccc1. The van der Waals surface area contributed by atoms with E-state index >= 15 is 0 Å². The summed E-state index contributed by atoms with van der Waals surface area (Å²) >= 11 is 0. The molecule has 1 amide bonds. The summed E-state index contributed by atoms with van der Waals surface area (Å²) in [5.41, 5.74) is 0.919. The highest BCUT2D eigenvalue weighted by Gasteiger charge is 2.35. The minimum Gasteiger partial charge on any atom is -0.348 e. The zero-order valence-electron chi connectivity index (χ0n) is 13.4. The van der Waals surface area contributed by atoms with Crippen molar-refractivity contribution in [2.45, 2.75) is 25.8 Å². The van der Waals surface area contributed by atoms with Crippen LogP contribution in [0.4, 0.5) is 0 Å². The summed E-state index contributed by atoms with van der Waals surface area (Å²) in [6.07, 6.45) is 1.81. The quantitative estimate of drug-likeness (QED) is 0.869. The summed E-state index contributed by atoms with van der Waals surface area (Å²) in [4.78, 5) is 14.8. The molecule has 2 rings (SSSR count). The van der Waals surface area contributed by atoms with Gasteiger partial charge in [-0.3, -0.25) is 4.79 Å². The molecule has 21 heavy (non-hydrogen) atoms. The van der Waals surface area contributed by atoms with Crippen LogP contribution in [0, 0.1) is 5.41 Å². The van der Waals surface area contributed by atoms with Crippen molar-refractivity contribution in [3.63, 3.8) is 0 Å². The fraction of sp³-hybridized carbons (Fsp3) is 0.588. The molecule has 116 valence electrons. The second kappa shape index (κ2) is 7.05. The van der Waals surface area contributed by atoms with E-state index in [1.54, 1.807) is 0 Å². The van der Waals surface area contributed by atoms with E-state index < -0.39 is 0 Å². The monoisotopic (exact) mass is 289 g/mol. The topological polar surface area (TPSA) is 44.4 Å². The average Bonchev–Trinajstić information content (AvgIpc) is 2.47. The number of carbonyl (C=O) groups excluding carboxylic acids is 1. The minimum absolute atomic E-state index is 0.0420. The van der Waals surface area contributed by atoms with Crippen molar-refractivity contribution >= 4 is 5.91 Å². The maximum atomic E-state index is 12.7. The molecule has 1 fully saturated rings. The molecule has 1 aromatic carbocycles. The molecule has 1 aliphatic heterocycles. The summed E-state index contributed by atoms with van der Waals surface area (Å²) in [6, 6.07) is 10.3. The number of nitrogens with one attached hydrogen (secondary N) is 2. The molecule has 1 atom stereocenters. The zero-order valence-corrected chi connectivity index (χ0v) is 13.4. The maximum absolute atomic E-state index is 12.7. The summed E-state index contributed by atoms with van der Waals surface area (Å²) in [5.74, 6) is 0.180. The molecule has 1 unspecified atom stereocenters. The number of carbonyl (C=O) groups is 1. The highest BCUT2D eigenvalue weighted by Crippen LogP contribution is 2.29. The Kier molecular flexibility index (Phi) is 5.37. The van der Waals surface area contributed by atoms with Crippen molar-refractivity contribution in [3.05, 3.63) is 35.9 Å². The Morgan fingerprint density at radius 3 is 2.48 bits per heavy atom. The van der Waals surface area contributed by atoms with E-state index in [1.165, 1.54) is 0 Å². The third-order valence-corrected chi connectivity index (χ3v) is 4.31. The lowest BCUT2D eigenvalue weighted by Crippen LogP contribution is -2.48. The van der Waals surface area contributed by atoms with E-state index in [1.807, 2.05) is 32.3 Å². The Hall–Kier alpha value is -1.39. The summed E-state index contributed by atoms with van der Waals surface area (Å²) in [5, 5.41) is 6.59. The van der Waals surface area contributed by atoms with Gasteiger partial charge in [-0.2, -0.15) is 0 Å².